The Balaban J connectivity index is 0.963. The average Bonchev–Trinajstić information content (AvgIpc) is 4.06. The first-order valence-corrected chi connectivity index (χ1v) is 24.2. The lowest BCUT2D eigenvalue weighted by atomic mass is 9.81. The van der Waals surface area contributed by atoms with E-state index in [2.05, 4.69) is 213 Å². The highest BCUT2D eigenvalue weighted by Gasteiger charge is 2.35. The molecule has 0 radical (unpaired) electrons. The molecule has 0 bridgehead atoms. The van der Waals surface area contributed by atoms with Crippen molar-refractivity contribution < 1.29 is 4.42 Å². The summed E-state index contributed by atoms with van der Waals surface area (Å²) in [5.41, 5.74) is 19.9. The van der Waals surface area contributed by atoms with E-state index >= 15 is 0 Å². The van der Waals surface area contributed by atoms with Crippen LogP contribution in [0.25, 0.3) is 128 Å². The molecule has 0 unspecified atom stereocenters. The third-order valence-electron chi connectivity index (χ3n) is 14.7. The van der Waals surface area contributed by atoms with E-state index in [1.165, 1.54) is 33.4 Å². The van der Waals surface area contributed by atoms with Crippen LogP contribution in [0.3, 0.4) is 0 Å². The summed E-state index contributed by atoms with van der Waals surface area (Å²) >= 11 is 0. The number of nitrogens with zero attached hydrogens (tertiary/aromatic N) is 4. The highest BCUT2D eigenvalue weighted by atomic mass is 16.3. The molecule has 1 aliphatic rings. The van der Waals surface area contributed by atoms with Gasteiger partial charge in [0, 0.05) is 43.7 Å². The highest BCUT2D eigenvalue weighted by molar-refractivity contribution is 6.15. The molecule has 3 heterocycles. The molecule has 0 amide bonds. The quantitative estimate of drug-likeness (QED) is 0.160. The van der Waals surface area contributed by atoms with Crippen LogP contribution < -0.4 is 0 Å². The lowest BCUT2D eigenvalue weighted by Crippen LogP contribution is -2.14. The zero-order valence-electron chi connectivity index (χ0n) is 39.1. The normalized spacial score (nSPS) is 12.8. The standard InChI is InChI=1S/C66H44N4O/c1-66(2)57-28-12-9-25-50(57)51-33-31-46(39-58(51)66)44-22-15-21-43(35-44)45-23-16-24-47(36-45)55-37-49(41-17-5-3-6-18-41)38-56-52-26-10-13-29-59(52)70(62(55)56)65-68-63(42-19-7-4-8-20-42)67-64(69-65)48-32-34-54-53-27-11-14-30-60(53)71-61(54)40-48/h3-40H,1-2H3. The summed E-state index contributed by atoms with van der Waals surface area (Å²) in [7, 11) is 0. The Morgan fingerprint density at radius 1 is 0.338 bits per heavy atom. The smallest absolute Gasteiger partial charge is 0.238 e. The second-order valence-electron chi connectivity index (χ2n) is 19.2. The lowest BCUT2D eigenvalue weighted by Gasteiger charge is -2.22. The summed E-state index contributed by atoms with van der Waals surface area (Å²) in [5.74, 6) is 1.67. The third kappa shape index (κ3) is 6.65. The zero-order chi connectivity index (χ0) is 47.2. The minimum absolute atomic E-state index is 0.0777. The fourth-order valence-electron chi connectivity index (χ4n) is 11.1. The van der Waals surface area contributed by atoms with E-state index in [-0.39, 0.29) is 5.41 Å². The maximum Gasteiger partial charge on any atom is 0.238 e. The second kappa shape index (κ2) is 15.9. The van der Waals surface area contributed by atoms with Crippen molar-refractivity contribution in [3.63, 3.8) is 0 Å². The van der Waals surface area contributed by atoms with Gasteiger partial charge in [-0.3, -0.25) is 4.57 Å². The minimum atomic E-state index is -0.0777. The van der Waals surface area contributed by atoms with Crippen LogP contribution in [-0.4, -0.2) is 19.5 Å². The first-order valence-electron chi connectivity index (χ1n) is 24.2. The number of para-hydroxylation sites is 2. The fourth-order valence-corrected chi connectivity index (χ4v) is 11.1. The van der Waals surface area contributed by atoms with Gasteiger partial charge in [-0.1, -0.05) is 190 Å². The largest absolute Gasteiger partial charge is 0.456 e. The summed E-state index contributed by atoms with van der Waals surface area (Å²) in [5, 5.41) is 4.35. The van der Waals surface area contributed by atoms with Crippen LogP contribution >= 0.6 is 0 Å². The van der Waals surface area contributed by atoms with Crippen LogP contribution in [-0.2, 0) is 5.41 Å². The molecule has 0 N–H and O–H groups in total. The van der Waals surface area contributed by atoms with Crippen molar-refractivity contribution in [3.05, 3.63) is 242 Å². The summed E-state index contributed by atoms with van der Waals surface area (Å²) in [6.07, 6.45) is 0. The topological polar surface area (TPSA) is 56.7 Å². The van der Waals surface area contributed by atoms with Gasteiger partial charge in [0.15, 0.2) is 11.6 Å². The Morgan fingerprint density at radius 2 is 0.915 bits per heavy atom. The Bertz CT molecular complexity index is 4260. The Hall–Kier alpha value is -9.19. The Morgan fingerprint density at radius 3 is 1.70 bits per heavy atom. The molecule has 334 valence electrons. The van der Waals surface area contributed by atoms with E-state index in [1.54, 1.807) is 0 Å². The summed E-state index contributed by atoms with van der Waals surface area (Å²) in [4.78, 5) is 15.9. The summed E-state index contributed by atoms with van der Waals surface area (Å²) < 4.78 is 8.63. The molecular weight excluding hydrogens is 865 g/mol. The molecule has 13 aromatic rings. The van der Waals surface area contributed by atoms with Crippen LogP contribution in [0.5, 0.6) is 0 Å². The number of furan rings is 1. The van der Waals surface area contributed by atoms with Gasteiger partial charge in [0.2, 0.25) is 5.95 Å². The van der Waals surface area contributed by atoms with E-state index in [1.807, 2.05) is 36.4 Å². The number of hydrogen-bond acceptors (Lipinski definition) is 4. The Labute approximate surface area is 411 Å². The SMILES string of the molecule is CC1(C)c2ccccc2-c2ccc(-c3cccc(-c4cccc(-c5cc(-c6ccccc6)cc6c7ccccc7n(-c7nc(-c8ccccc8)nc(-c8ccc9c(c8)oc8ccccc89)n7)c56)c4)c3)cc21. The van der Waals surface area contributed by atoms with Crippen molar-refractivity contribution >= 4 is 43.7 Å². The van der Waals surface area contributed by atoms with Crippen LogP contribution in [0.4, 0.5) is 0 Å². The molecule has 0 aliphatic heterocycles. The molecule has 0 fully saturated rings. The third-order valence-corrected chi connectivity index (χ3v) is 14.7. The van der Waals surface area contributed by atoms with Crippen molar-refractivity contribution in [2.45, 2.75) is 19.3 Å². The molecule has 0 saturated carbocycles. The molecule has 1 aliphatic carbocycles. The van der Waals surface area contributed by atoms with Gasteiger partial charge in [-0.25, -0.2) is 4.98 Å². The van der Waals surface area contributed by atoms with Gasteiger partial charge in [-0.15, -0.1) is 0 Å². The molecule has 0 atom stereocenters. The van der Waals surface area contributed by atoms with Crippen molar-refractivity contribution in [1.29, 1.82) is 0 Å². The van der Waals surface area contributed by atoms with Crippen LogP contribution in [0.1, 0.15) is 25.0 Å². The molecule has 0 saturated heterocycles. The van der Waals surface area contributed by atoms with E-state index in [4.69, 9.17) is 19.4 Å². The van der Waals surface area contributed by atoms with Gasteiger partial charge < -0.3 is 4.42 Å². The van der Waals surface area contributed by atoms with Gasteiger partial charge in [0.05, 0.1) is 11.0 Å². The van der Waals surface area contributed by atoms with Crippen LogP contribution in [0.2, 0.25) is 0 Å². The number of aromatic nitrogens is 4. The van der Waals surface area contributed by atoms with E-state index in [0.29, 0.717) is 17.6 Å². The average molecular weight is 909 g/mol. The predicted octanol–water partition coefficient (Wildman–Crippen LogP) is 17.2. The number of rotatable bonds is 7. The van der Waals surface area contributed by atoms with Crippen molar-refractivity contribution in [2.75, 3.05) is 0 Å². The van der Waals surface area contributed by atoms with Crippen molar-refractivity contribution in [1.82, 2.24) is 19.5 Å². The molecule has 14 rings (SSSR count). The first-order chi connectivity index (χ1) is 34.9. The summed E-state index contributed by atoms with van der Waals surface area (Å²) in [6, 6.07) is 82.3. The molecule has 71 heavy (non-hydrogen) atoms. The van der Waals surface area contributed by atoms with Gasteiger partial charge in [-0.05, 0) is 116 Å². The van der Waals surface area contributed by atoms with Crippen molar-refractivity contribution in [2.24, 2.45) is 0 Å². The van der Waals surface area contributed by atoms with Crippen LogP contribution in [0, 0.1) is 0 Å². The molecule has 10 aromatic carbocycles. The maximum absolute atomic E-state index is 6.39. The van der Waals surface area contributed by atoms with E-state index in [0.717, 1.165) is 88.3 Å². The second-order valence-corrected chi connectivity index (χ2v) is 19.2. The first kappa shape index (κ1) is 40.8. The molecule has 5 nitrogen and oxygen atoms in total. The van der Waals surface area contributed by atoms with Crippen LogP contribution in [0.15, 0.2) is 235 Å². The Kier molecular flexibility index (Phi) is 9.17. The fraction of sp³-hybridized carbons (Fsp3) is 0.0455. The number of hydrogen-bond donors (Lipinski definition) is 0. The molecule has 0 spiro atoms. The predicted molar refractivity (Wildman–Crippen MR) is 292 cm³/mol. The molecule has 3 aromatic heterocycles. The molecule has 5 heteroatoms. The van der Waals surface area contributed by atoms with Gasteiger partial charge in [0.25, 0.3) is 0 Å². The lowest BCUT2D eigenvalue weighted by molar-refractivity contribution is 0.660. The maximum atomic E-state index is 6.39. The van der Waals surface area contributed by atoms with Gasteiger partial charge in [0.1, 0.15) is 11.2 Å². The van der Waals surface area contributed by atoms with E-state index in [9.17, 15) is 0 Å². The zero-order valence-corrected chi connectivity index (χ0v) is 39.1. The molecular formula is C66H44N4O. The van der Waals surface area contributed by atoms with Crippen molar-refractivity contribution in [3.8, 4) is 84.4 Å². The highest BCUT2D eigenvalue weighted by Crippen LogP contribution is 2.50. The minimum Gasteiger partial charge on any atom is -0.456 e. The monoisotopic (exact) mass is 908 g/mol. The van der Waals surface area contributed by atoms with E-state index < -0.39 is 0 Å². The summed E-state index contributed by atoms with van der Waals surface area (Å²) in [6.45, 7) is 4.69. The van der Waals surface area contributed by atoms with Gasteiger partial charge >= 0.3 is 0 Å². The van der Waals surface area contributed by atoms with Gasteiger partial charge in [-0.2, -0.15) is 9.97 Å². The number of benzene rings is 10. The number of fused-ring (bicyclic) bond motifs is 9.